The smallest absolute Gasteiger partial charge is 0.230 e. The van der Waals surface area contributed by atoms with Gasteiger partial charge in [-0.2, -0.15) is 4.98 Å². The number of benzene rings is 1. The van der Waals surface area contributed by atoms with E-state index in [-0.39, 0.29) is 0 Å². The van der Waals surface area contributed by atoms with Crippen LogP contribution in [0.15, 0.2) is 28.8 Å². The van der Waals surface area contributed by atoms with E-state index in [0.717, 1.165) is 43.6 Å². The van der Waals surface area contributed by atoms with Gasteiger partial charge < -0.3 is 10.3 Å². The molecule has 0 bridgehead atoms. The van der Waals surface area contributed by atoms with Gasteiger partial charge >= 0.3 is 0 Å². The van der Waals surface area contributed by atoms with Gasteiger partial charge in [-0.25, -0.2) is 0 Å². The van der Waals surface area contributed by atoms with Gasteiger partial charge in [0.2, 0.25) is 11.7 Å². The van der Waals surface area contributed by atoms with Crippen LogP contribution in [0.4, 0.5) is 0 Å². The van der Waals surface area contributed by atoms with E-state index in [0.29, 0.717) is 17.8 Å². The Balaban J connectivity index is 1.75. The van der Waals surface area contributed by atoms with Crippen LogP contribution in [0.5, 0.6) is 0 Å². The lowest BCUT2D eigenvalue weighted by molar-refractivity contribution is 0.301. The van der Waals surface area contributed by atoms with Crippen molar-refractivity contribution in [2.24, 2.45) is 5.73 Å². The molecule has 2 N–H and O–H groups in total. The van der Waals surface area contributed by atoms with Crippen molar-refractivity contribution in [3.8, 4) is 11.4 Å². The standard InChI is InChI=1S/C16H21N3O/c1-2-11-3-5-12(6-4-11)15-18-16(20-19-15)13-7-9-14(17)10-8-13/h3-6,13-14H,2,7-10,17H2,1H3. The maximum absolute atomic E-state index is 5.93. The summed E-state index contributed by atoms with van der Waals surface area (Å²) in [6.07, 6.45) is 5.25. The molecule has 1 saturated carbocycles. The van der Waals surface area contributed by atoms with Crippen molar-refractivity contribution < 1.29 is 4.52 Å². The fourth-order valence-corrected chi connectivity index (χ4v) is 2.77. The fraction of sp³-hybridized carbons (Fsp3) is 0.500. The van der Waals surface area contributed by atoms with Crippen LogP contribution < -0.4 is 5.73 Å². The van der Waals surface area contributed by atoms with Gasteiger partial charge in [0, 0.05) is 17.5 Å². The molecule has 3 rings (SSSR count). The fourth-order valence-electron chi connectivity index (χ4n) is 2.77. The van der Waals surface area contributed by atoms with Crippen LogP contribution >= 0.6 is 0 Å². The zero-order valence-corrected chi connectivity index (χ0v) is 11.9. The molecule has 4 heteroatoms. The highest BCUT2D eigenvalue weighted by molar-refractivity contribution is 5.54. The molecule has 4 nitrogen and oxygen atoms in total. The van der Waals surface area contributed by atoms with Crippen LogP contribution in [0.3, 0.4) is 0 Å². The highest BCUT2D eigenvalue weighted by Gasteiger charge is 2.24. The van der Waals surface area contributed by atoms with Crippen molar-refractivity contribution in [1.82, 2.24) is 10.1 Å². The first-order valence-electron chi connectivity index (χ1n) is 7.44. The Morgan fingerprint density at radius 1 is 1.15 bits per heavy atom. The average Bonchev–Trinajstić information content (AvgIpc) is 2.98. The third-order valence-electron chi connectivity index (χ3n) is 4.18. The number of hydrogen-bond donors (Lipinski definition) is 1. The summed E-state index contributed by atoms with van der Waals surface area (Å²) in [5, 5.41) is 4.12. The molecule has 1 heterocycles. The van der Waals surface area contributed by atoms with Gasteiger partial charge in [0.25, 0.3) is 0 Å². The Morgan fingerprint density at radius 2 is 1.85 bits per heavy atom. The topological polar surface area (TPSA) is 64.9 Å². The Morgan fingerprint density at radius 3 is 2.50 bits per heavy atom. The quantitative estimate of drug-likeness (QED) is 0.930. The van der Waals surface area contributed by atoms with Crippen LogP contribution in [0.25, 0.3) is 11.4 Å². The second-order valence-electron chi connectivity index (χ2n) is 5.62. The van der Waals surface area contributed by atoms with Gasteiger partial charge in [-0.3, -0.25) is 0 Å². The lowest BCUT2D eigenvalue weighted by Gasteiger charge is -2.22. The largest absolute Gasteiger partial charge is 0.339 e. The van der Waals surface area contributed by atoms with Crippen molar-refractivity contribution in [2.75, 3.05) is 0 Å². The molecular formula is C16H21N3O. The third kappa shape index (κ3) is 2.75. The molecule has 0 aliphatic heterocycles. The van der Waals surface area contributed by atoms with Crippen molar-refractivity contribution in [1.29, 1.82) is 0 Å². The summed E-state index contributed by atoms with van der Waals surface area (Å²) in [5.74, 6) is 1.84. The highest BCUT2D eigenvalue weighted by Crippen LogP contribution is 2.32. The predicted molar refractivity (Wildman–Crippen MR) is 78.3 cm³/mol. The molecular weight excluding hydrogens is 250 g/mol. The summed E-state index contributed by atoms with van der Waals surface area (Å²) in [6.45, 7) is 2.15. The van der Waals surface area contributed by atoms with E-state index in [1.165, 1.54) is 5.56 Å². The second kappa shape index (κ2) is 5.75. The minimum atomic E-state index is 0.343. The lowest BCUT2D eigenvalue weighted by atomic mass is 9.86. The Kier molecular flexibility index (Phi) is 3.83. The maximum Gasteiger partial charge on any atom is 0.230 e. The summed E-state index contributed by atoms with van der Waals surface area (Å²) >= 11 is 0. The first kappa shape index (κ1) is 13.3. The number of nitrogens with zero attached hydrogens (tertiary/aromatic N) is 2. The molecule has 0 saturated heterocycles. The molecule has 1 aliphatic rings. The number of hydrogen-bond acceptors (Lipinski definition) is 4. The molecule has 0 radical (unpaired) electrons. The first-order chi connectivity index (χ1) is 9.76. The Bertz CT molecular complexity index is 553. The Labute approximate surface area is 119 Å². The van der Waals surface area contributed by atoms with Crippen molar-refractivity contribution >= 4 is 0 Å². The van der Waals surface area contributed by atoms with Crippen LogP contribution in [0.2, 0.25) is 0 Å². The molecule has 0 amide bonds. The number of rotatable bonds is 3. The van der Waals surface area contributed by atoms with E-state index in [2.05, 4.69) is 41.3 Å². The molecule has 0 atom stereocenters. The van der Waals surface area contributed by atoms with Gasteiger partial charge in [-0.1, -0.05) is 36.3 Å². The van der Waals surface area contributed by atoms with Crippen molar-refractivity contribution in [3.05, 3.63) is 35.7 Å². The zero-order valence-electron chi connectivity index (χ0n) is 11.9. The average molecular weight is 271 g/mol. The van der Waals surface area contributed by atoms with E-state index in [1.807, 2.05) is 0 Å². The van der Waals surface area contributed by atoms with Crippen molar-refractivity contribution in [2.45, 2.75) is 51.0 Å². The van der Waals surface area contributed by atoms with Crippen LogP contribution in [-0.4, -0.2) is 16.2 Å². The zero-order chi connectivity index (χ0) is 13.9. The molecule has 1 aromatic carbocycles. The molecule has 1 aliphatic carbocycles. The predicted octanol–water partition coefficient (Wildman–Crippen LogP) is 3.28. The SMILES string of the molecule is CCc1ccc(-c2noc(C3CCC(N)CC3)n2)cc1. The number of aromatic nitrogens is 2. The molecule has 1 fully saturated rings. The maximum atomic E-state index is 5.93. The van der Waals surface area contributed by atoms with Gasteiger partial charge in [0.1, 0.15) is 0 Å². The molecule has 1 aromatic heterocycles. The summed E-state index contributed by atoms with van der Waals surface area (Å²) in [4.78, 5) is 4.57. The van der Waals surface area contributed by atoms with Crippen molar-refractivity contribution in [3.63, 3.8) is 0 Å². The molecule has 0 unspecified atom stereocenters. The summed E-state index contributed by atoms with van der Waals surface area (Å²) in [7, 11) is 0. The van der Waals surface area contributed by atoms with Crippen LogP contribution in [0, 0.1) is 0 Å². The van der Waals surface area contributed by atoms with Gasteiger partial charge in [-0.05, 0) is 37.7 Å². The second-order valence-corrected chi connectivity index (χ2v) is 5.62. The highest BCUT2D eigenvalue weighted by atomic mass is 16.5. The minimum absolute atomic E-state index is 0.343. The van der Waals surface area contributed by atoms with E-state index >= 15 is 0 Å². The minimum Gasteiger partial charge on any atom is -0.339 e. The molecule has 2 aromatic rings. The van der Waals surface area contributed by atoms with Crippen LogP contribution in [0.1, 0.15) is 50.0 Å². The molecule has 0 spiro atoms. The summed E-state index contributed by atoms with van der Waals surface area (Å²) < 4.78 is 5.45. The van der Waals surface area contributed by atoms with E-state index < -0.39 is 0 Å². The normalized spacial score (nSPS) is 22.9. The first-order valence-corrected chi connectivity index (χ1v) is 7.44. The summed E-state index contributed by atoms with van der Waals surface area (Å²) in [6, 6.07) is 8.69. The molecule has 106 valence electrons. The molecule has 20 heavy (non-hydrogen) atoms. The number of nitrogens with two attached hydrogens (primary N) is 1. The van der Waals surface area contributed by atoms with Gasteiger partial charge in [0.05, 0.1) is 0 Å². The van der Waals surface area contributed by atoms with Gasteiger partial charge in [0.15, 0.2) is 0 Å². The third-order valence-corrected chi connectivity index (χ3v) is 4.18. The van der Waals surface area contributed by atoms with Gasteiger partial charge in [-0.15, -0.1) is 0 Å². The van der Waals surface area contributed by atoms with E-state index in [1.54, 1.807) is 0 Å². The summed E-state index contributed by atoms with van der Waals surface area (Å²) in [5.41, 5.74) is 8.27. The monoisotopic (exact) mass is 271 g/mol. The lowest BCUT2D eigenvalue weighted by Crippen LogP contribution is -2.25. The Hall–Kier alpha value is -1.68. The van der Waals surface area contributed by atoms with E-state index in [4.69, 9.17) is 10.3 Å². The number of aryl methyl sites for hydroxylation is 1. The van der Waals surface area contributed by atoms with Crippen LogP contribution in [-0.2, 0) is 6.42 Å². The van der Waals surface area contributed by atoms with E-state index in [9.17, 15) is 0 Å².